The first-order valence-electron chi connectivity index (χ1n) is 9.58. The highest BCUT2D eigenvalue weighted by molar-refractivity contribution is 6.12. The fraction of sp³-hybridized carbons (Fsp3) is 0.143. The summed E-state index contributed by atoms with van der Waals surface area (Å²) in [5, 5.41) is 15.4. The molecule has 4 rings (SSSR count). The number of halogens is 6. The number of alkyl halides is 6. The van der Waals surface area contributed by atoms with E-state index in [9.17, 15) is 31.1 Å². The van der Waals surface area contributed by atoms with Crippen molar-refractivity contribution in [1.29, 1.82) is 5.41 Å². The second-order valence-corrected chi connectivity index (χ2v) is 7.16. The Labute approximate surface area is 187 Å². The molecule has 3 aromatic rings. The lowest BCUT2D eigenvalue weighted by Gasteiger charge is -2.29. The average Bonchev–Trinajstić information content (AvgIpc) is 3.23. The summed E-state index contributed by atoms with van der Waals surface area (Å²) in [7, 11) is 0. The predicted octanol–water partition coefficient (Wildman–Crippen LogP) is 6.18. The number of amides is 2. The van der Waals surface area contributed by atoms with Crippen LogP contribution >= 0.6 is 0 Å². The minimum Gasteiger partial charge on any atom is -0.448 e. The molecule has 1 aliphatic rings. The molecule has 0 saturated carbocycles. The third-order valence-corrected chi connectivity index (χ3v) is 4.93. The maximum Gasteiger partial charge on any atom is 0.418 e. The number of nitrogens with one attached hydrogen (secondary N) is 4. The zero-order valence-corrected chi connectivity index (χ0v) is 16.9. The first-order valence-corrected chi connectivity index (χ1v) is 9.58. The Hall–Kier alpha value is -4.16. The van der Waals surface area contributed by atoms with Crippen molar-refractivity contribution >= 4 is 34.8 Å². The lowest BCUT2D eigenvalue weighted by atomic mass is 10.1. The van der Waals surface area contributed by atoms with Gasteiger partial charge in [-0.15, -0.1) is 0 Å². The van der Waals surface area contributed by atoms with Gasteiger partial charge in [0.1, 0.15) is 5.84 Å². The summed E-state index contributed by atoms with van der Waals surface area (Å²) in [5.74, 6) is 0.634. The molecule has 0 spiro atoms. The molecule has 13 heteroatoms. The van der Waals surface area contributed by atoms with E-state index in [2.05, 4.69) is 10.6 Å². The van der Waals surface area contributed by atoms with Crippen LogP contribution < -0.4 is 20.9 Å². The van der Waals surface area contributed by atoms with Crippen molar-refractivity contribution in [2.45, 2.75) is 12.4 Å². The zero-order chi connectivity index (χ0) is 24.7. The summed E-state index contributed by atoms with van der Waals surface area (Å²) in [6, 6.07) is 7.24. The van der Waals surface area contributed by atoms with Crippen LogP contribution in [0.2, 0.25) is 0 Å². The number of benzene rings is 2. The number of amidine groups is 1. The van der Waals surface area contributed by atoms with Gasteiger partial charge < -0.3 is 25.3 Å². The van der Waals surface area contributed by atoms with Gasteiger partial charge in [-0.05, 0) is 48.5 Å². The maximum absolute atomic E-state index is 13.2. The Kier molecular flexibility index (Phi) is 5.63. The third-order valence-electron chi connectivity index (χ3n) is 4.93. The SMILES string of the molecule is N=C1c2ccoc2NCN1c1ccc(NC(=O)Nc2cc(C(F)(F)F)ccc2C(F)(F)F)cc1. The van der Waals surface area contributed by atoms with E-state index in [0.29, 0.717) is 23.2 Å². The number of fused-ring (bicyclic) bond motifs is 1. The van der Waals surface area contributed by atoms with Crippen molar-refractivity contribution in [1.82, 2.24) is 0 Å². The van der Waals surface area contributed by atoms with Gasteiger partial charge in [-0.3, -0.25) is 5.41 Å². The summed E-state index contributed by atoms with van der Waals surface area (Å²) in [4.78, 5) is 13.8. The van der Waals surface area contributed by atoms with E-state index in [4.69, 9.17) is 9.83 Å². The Morgan fingerprint density at radius 3 is 2.32 bits per heavy atom. The van der Waals surface area contributed by atoms with Gasteiger partial charge in [-0.25, -0.2) is 4.79 Å². The smallest absolute Gasteiger partial charge is 0.418 e. The van der Waals surface area contributed by atoms with Crippen LogP contribution in [0.5, 0.6) is 0 Å². The van der Waals surface area contributed by atoms with Crippen molar-refractivity contribution in [2.24, 2.45) is 0 Å². The average molecular weight is 483 g/mol. The van der Waals surface area contributed by atoms with Crippen molar-refractivity contribution in [2.75, 3.05) is 27.5 Å². The fourth-order valence-corrected chi connectivity index (χ4v) is 3.31. The van der Waals surface area contributed by atoms with Crippen LogP contribution in [0.15, 0.2) is 59.2 Å². The summed E-state index contributed by atoms with van der Waals surface area (Å²) in [6.07, 6.45) is -8.42. The molecule has 0 unspecified atom stereocenters. The van der Waals surface area contributed by atoms with Crippen molar-refractivity contribution in [3.63, 3.8) is 0 Å². The monoisotopic (exact) mass is 483 g/mol. The number of urea groups is 1. The van der Waals surface area contributed by atoms with Crippen molar-refractivity contribution < 1.29 is 35.6 Å². The van der Waals surface area contributed by atoms with Gasteiger partial charge in [-0.2, -0.15) is 26.3 Å². The van der Waals surface area contributed by atoms with E-state index in [-0.39, 0.29) is 30.3 Å². The molecule has 0 bridgehead atoms. The third kappa shape index (κ3) is 4.63. The highest BCUT2D eigenvalue weighted by Gasteiger charge is 2.37. The molecule has 2 heterocycles. The second kappa shape index (κ2) is 8.32. The van der Waals surface area contributed by atoms with Gasteiger partial charge in [0, 0.05) is 11.4 Å². The van der Waals surface area contributed by atoms with Crippen LogP contribution in [0.3, 0.4) is 0 Å². The van der Waals surface area contributed by atoms with E-state index in [0.717, 1.165) is 0 Å². The number of anilines is 4. The Morgan fingerprint density at radius 1 is 0.971 bits per heavy atom. The van der Waals surface area contributed by atoms with Gasteiger partial charge in [0.2, 0.25) is 5.88 Å². The van der Waals surface area contributed by atoms with Crippen LogP contribution in [0.25, 0.3) is 0 Å². The van der Waals surface area contributed by atoms with Crippen molar-refractivity contribution in [3.8, 4) is 0 Å². The van der Waals surface area contributed by atoms with Crippen LogP contribution in [-0.2, 0) is 12.4 Å². The lowest BCUT2D eigenvalue weighted by Crippen LogP contribution is -2.39. The first-order chi connectivity index (χ1) is 15.9. The summed E-state index contributed by atoms with van der Waals surface area (Å²) >= 11 is 0. The number of carbonyl (C=O) groups is 1. The van der Waals surface area contributed by atoms with Gasteiger partial charge in [-0.1, -0.05) is 0 Å². The minimum absolute atomic E-state index is 0.169. The molecule has 0 radical (unpaired) electrons. The first kappa shape index (κ1) is 23.0. The molecular weight excluding hydrogens is 468 g/mol. The molecule has 1 aromatic heterocycles. The highest BCUT2D eigenvalue weighted by Crippen LogP contribution is 2.39. The van der Waals surface area contributed by atoms with E-state index in [1.165, 1.54) is 18.4 Å². The molecule has 0 fully saturated rings. The van der Waals surface area contributed by atoms with Crippen molar-refractivity contribution in [3.05, 3.63) is 71.5 Å². The van der Waals surface area contributed by atoms with E-state index in [1.54, 1.807) is 23.1 Å². The van der Waals surface area contributed by atoms with Crippen LogP contribution in [0.1, 0.15) is 16.7 Å². The van der Waals surface area contributed by atoms with Gasteiger partial charge >= 0.3 is 18.4 Å². The number of hydrogen-bond acceptors (Lipinski definition) is 4. The Morgan fingerprint density at radius 2 is 1.68 bits per heavy atom. The number of furan rings is 1. The highest BCUT2D eigenvalue weighted by atomic mass is 19.4. The molecule has 1 aliphatic heterocycles. The quantitative estimate of drug-likeness (QED) is 0.335. The van der Waals surface area contributed by atoms with Gasteiger partial charge in [0.05, 0.1) is 35.3 Å². The number of hydrogen-bond donors (Lipinski definition) is 4. The minimum atomic E-state index is -4.98. The summed E-state index contributed by atoms with van der Waals surface area (Å²) in [5.41, 5.74) is -2.48. The largest absolute Gasteiger partial charge is 0.448 e. The number of rotatable bonds is 3. The molecule has 34 heavy (non-hydrogen) atoms. The van der Waals surface area contributed by atoms with Gasteiger partial charge in [0.15, 0.2) is 0 Å². The summed E-state index contributed by atoms with van der Waals surface area (Å²) < 4.78 is 83.6. The van der Waals surface area contributed by atoms with Gasteiger partial charge in [0.25, 0.3) is 0 Å². The molecule has 2 aromatic carbocycles. The predicted molar refractivity (Wildman–Crippen MR) is 112 cm³/mol. The van der Waals surface area contributed by atoms with Crippen LogP contribution in [0.4, 0.5) is 54.1 Å². The molecule has 0 atom stereocenters. The fourth-order valence-electron chi connectivity index (χ4n) is 3.31. The molecule has 7 nitrogen and oxygen atoms in total. The molecule has 0 aliphatic carbocycles. The number of carbonyl (C=O) groups excluding carboxylic acids is 1. The van der Waals surface area contributed by atoms with E-state index >= 15 is 0 Å². The second-order valence-electron chi connectivity index (χ2n) is 7.16. The zero-order valence-electron chi connectivity index (χ0n) is 16.9. The lowest BCUT2D eigenvalue weighted by molar-refractivity contribution is -0.140. The normalized spacial score (nSPS) is 13.8. The molecule has 2 amide bonds. The number of nitrogens with zero attached hydrogens (tertiary/aromatic N) is 1. The van der Waals surface area contributed by atoms with Crippen LogP contribution in [-0.4, -0.2) is 18.5 Å². The van der Waals surface area contributed by atoms with E-state index in [1.807, 2.05) is 5.32 Å². The Balaban J connectivity index is 1.48. The maximum atomic E-state index is 13.2. The van der Waals surface area contributed by atoms with Crippen LogP contribution in [0, 0.1) is 5.41 Å². The van der Waals surface area contributed by atoms with E-state index < -0.39 is 35.2 Å². The molecule has 4 N–H and O–H groups in total. The molecule has 0 saturated heterocycles. The standard InChI is InChI=1S/C21H15F6N5O2/c22-20(23,24)11-1-6-15(21(25,26)27)16(9-11)31-19(33)30-12-2-4-13(5-3-12)32-10-29-18-14(17(32)28)7-8-34-18/h1-9,28-29H,10H2,(H2,30,31,33). The molecular formula is C21H15F6N5O2. The molecule has 178 valence electrons. The Bertz CT molecular complexity index is 1230. The topological polar surface area (TPSA) is 93.4 Å². The summed E-state index contributed by atoms with van der Waals surface area (Å²) in [6.45, 7) is 0.238.